The van der Waals surface area contributed by atoms with Gasteiger partial charge in [0.25, 0.3) is 0 Å². The summed E-state index contributed by atoms with van der Waals surface area (Å²) in [7, 11) is 0. The van der Waals surface area contributed by atoms with Crippen LogP contribution in [0.5, 0.6) is 0 Å². The van der Waals surface area contributed by atoms with Crippen molar-refractivity contribution in [2.75, 3.05) is 32.8 Å². The monoisotopic (exact) mass is 215 g/mol. The van der Waals surface area contributed by atoms with E-state index in [-0.39, 0.29) is 12.3 Å². The Labute approximate surface area is 91.2 Å². The largest absolute Gasteiger partial charge is 0.481 e. The van der Waals surface area contributed by atoms with E-state index in [2.05, 4.69) is 18.7 Å². The van der Waals surface area contributed by atoms with Crippen LogP contribution in [0.15, 0.2) is 0 Å². The van der Waals surface area contributed by atoms with Crippen molar-refractivity contribution in [2.45, 2.75) is 20.3 Å². The van der Waals surface area contributed by atoms with Crippen molar-refractivity contribution < 1.29 is 14.6 Å². The summed E-state index contributed by atoms with van der Waals surface area (Å²) in [4.78, 5) is 13.0. The van der Waals surface area contributed by atoms with Gasteiger partial charge in [0.05, 0.1) is 13.2 Å². The molecule has 1 aliphatic rings. The molecule has 0 spiro atoms. The predicted octanol–water partition coefficient (Wildman–Crippen LogP) is 1.07. The summed E-state index contributed by atoms with van der Waals surface area (Å²) in [5.41, 5.74) is 0. The zero-order valence-electron chi connectivity index (χ0n) is 9.61. The topological polar surface area (TPSA) is 49.8 Å². The van der Waals surface area contributed by atoms with E-state index < -0.39 is 5.97 Å². The van der Waals surface area contributed by atoms with Crippen molar-refractivity contribution in [1.82, 2.24) is 4.90 Å². The van der Waals surface area contributed by atoms with E-state index in [9.17, 15) is 4.79 Å². The van der Waals surface area contributed by atoms with Gasteiger partial charge >= 0.3 is 5.97 Å². The maximum absolute atomic E-state index is 10.7. The minimum Gasteiger partial charge on any atom is -0.481 e. The van der Waals surface area contributed by atoms with Gasteiger partial charge in [-0.25, -0.2) is 0 Å². The minimum atomic E-state index is -0.693. The van der Waals surface area contributed by atoms with Crippen LogP contribution in [0.2, 0.25) is 0 Å². The molecule has 0 aliphatic carbocycles. The Morgan fingerprint density at radius 3 is 2.47 bits per heavy atom. The van der Waals surface area contributed by atoms with E-state index in [0.29, 0.717) is 5.92 Å². The molecular formula is C11H21NO3. The third-order valence-corrected chi connectivity index (χ3v) is 2.98. The van der Waals surface area contributed by atoms with E-state index in [1.165, 1.54) is 0 Å². The van der Waals surface area contributed by atoms with E-state index >= 15 is 0 Å². The summed E-state index contributed by atoms with van der Waals surface area (Å²) < 4.78 is 5.26. The van der Waals surface area contributed by atoms with Gasteiger partial charge in [0.2, 0.25) is 0 Å². The van der Waals surface area contributed by atoms with Gasteiger partial charge in [-0.15, -0.1) is 0 Å². The molecular weight excluding hydrogens is 194 g/mol. The molecule has 1 aliphatic heterocycles. The number of carboxylic acids is 1. The molecule has 0 aromatic carbocycles. The molecule has 0 aromatic heterocycles. The van der Waals surface area contributed by atoms with Gasteiger partial charge < -0.3 is 9.84 Å². The van der Waals surface area contributed by atoms with Crippen LogP contribution < -0.4 is 0 Å². The van der Waals surface area contributed by atoms with Crippen LogP contribution >= 0.6 is 0 Å². The molecule has 0 amide bonds. The fourth-order valence-electron chi connectivity index (χ4n) is 1.85. The average Bonchev–Trinajstić information content (AvgIpc) is 2.17. The first-order valence-electron chi connectivity index (χ1n) is 5.61. The zero-order valence-corrected chi connectivity index (χ0v) is 9.61. The smallest absolute Gasteiger partial charge is 0.303 e. The molecule has 1 N–H and O–H groups in total. The molecule has 88 valence electrons. The third-order valence-electron chi connectivity index (χ3n) is 2.98. The Morgan fingerprint density at radius 1 is 1.40 bits per heavy atom. The highest BCUT2D eigenvalue weighted by molar-refractivity contribution is 5.67. The lowest BCUT2D eigenvalue weighted by Crippen LogP contribution is -2.40. The van der Waals surface area contributed by atoms with Gasteiger partial charge in [-0.2, -0.15) is 0 Å². The highest BCUT2D eigenvalue weighted by atomic mass is 16.5. The Bertz CT molecular complexity index is 200. The average molecular weight is 215 g/mol. The Kier molecular flexibility index (Phi) is 5.05. The van der Waals surface area contributed by atoms with Gasteiger partial charge in [0, 0.05) is 26.1 Å². The van der Waals surface area contributed by atoms with Crippen molar-refractivity contribution in [1.29, 1.82) is 0 Å². The van der Waals surface area contributed by atoms with E-state index in [0.717, 1.165) is 32.8 Å². The fourth-order valence-corrected chi connectivity index (χ4v) is 1.85. The quantitative estimate of drug-likeness (QED) is 0.745. The van der Waals surface area contributed by atoms with Crippen LogP contribution in [0, 0.1) is 11.8 Å². The van der Waals surface area contributed by atoms with Crippen molar-refractivity contribution in [3.8, 4) is 0 Å². The van der Waals surface area contributed by atoms with Gasteiger partial charge in [0.1, 0.15) is 0 Å². The van der Waals surface area contributed by atoms with Gasteiger partial charge in [-0.3, -0.25) is 9.69 Å². The molecule has 1 saturated heterocycles. The summed E-state index contributed by atoms with van der Waals surface area (Å²) in [6.45, 7) is 8.48. The summed E-state index contributed by atoms with van der Waals surface area (Å²) in [6, 6.07) is 0. The van der Waals surface area contributed by atoms with Crippen LogP contribution in [0.4, 0.5) is 0 Å². The number of morpholine rings is 1. The second kappa shape index (κ2) is 6.08. The number of carboxylic acid groups (broad SMARTS) is 1. The maximum Gasteiger partial charge on any atom is 0.303 e. The Morgan fingerprint density at radius 2 is 2.00 bits per heavy atom. The van der Waals surface area contributed by atoms with Gasteiger partial charge in [0.15, 0.2) is 0 Å². The van der Waals surface area contributed by atoms with Gasteiger partial charge in [-0.1, -0.05) is 13.8 Å². The maximum atomic E-state index is 10.7. The number of ether oxygens (including phenoxy) is 1. The van der Waals surface area contributed by atoms with Crippen LogP contribution in [0.3, 0.4) is 0 Å². The number of nitrogens with zero attached hydrogens (tertiary/aromatic N) is 1. The molecule has 0 aromatic rings. The molecule has 0 saturated carbocycles. The number of hydrogen-bond donors (Lipinski definition) is 1. The highest BCUT2D eigenvalue weighted by Crippen LogP contribution is 2.17. The molecule has 1 atom stereocenters. The summed E-state index contributed by atoms with van der Waals surface area (Å²) in [5, 5.41) is 8.82. The summed E-state index contributed by atoms with van der Waals surface area (Å²) in [6.07, 6.45) is 0.273. The summed E-state index contributed by atoms with van der Waals surface area (Å²) in [5.74, 6) is -0.0218. The Balaban J connectivity index is 2.38. The molecule has 1 fully saturated rings. The third kappa shape index (κ3) is 4.62. The molecule has 1 heterocycles. The first kappa shape index (κ1) is 12.5. The second-order valence-corrected chi connectivity index (χ2v) is 4.51. The predicted molar refractivity (Wildman–Crippen MR) is 57.8 cm³/mol. The molecule has 1 rings (SSSR count). The molecule has 0 bridgehead atoms. The van der Waals surface area contributed by atoms with E-state index in [1.54, 1.807) is 0 Å². The molecule has 0 radical (unpaired) electrons. The van der Waals surface area contributed by atoms with Crippen molar-refractivity contribution in [3.63, 3.8) is 0 Å². The van der Waals surface area contributed by atoms with E-state index in [1.807, 2.05) is 0 Å². The minimum absolute atomic E-state index is 0.251. The molecule has 1 unspecified atom stereocenters. The van der Waals surface area contributed by atoms with Crippen molar-refractivity contribution >= 4 is 5.97 Å². The standard InChI is InChI=1S/C11H21NO3/c1-9(2)10(7-11(13)14)8-12-3-5-15-6-4-12/h9-10H,3-8H2,1-2H3,(H,13,14). The van der Waals surface area contributed by atoms with Gasteiger partial charge in [-0.05, 0) is 11.8 Å². The lowest BCUT2D eigenvalue weighted by atomic mass is 9.92. The zero-order chi connectivity index (χ0) is 11.3. The lowest BCUT2D eigenvalue weighted by molar-refractivity contribution is -0.138. The number of hydrogen-bond acceptors (Lipinski definition) is 3. The van der Waals surface area contributed by atoms with Crippen LogP contribution in [-0.2, 0) is 9.53 Å². The van der Waals surface area contributed by atoms with Crippen molar-refractivity contribution in [2.24, 2.45) is 11.8 Å². The first-order chi connectivity index (χ1) is 7.09. The van der Waals surface area contributed by atoms with Crippen LogP contribution in [0.25, 0.3) is 0 Å². The van der Waals surface area contributed by atoms with Crippen LogP contribution in [-0.4, -0.2) is 48.8 Å². The summed E-state index contributed by atoms with van der Waals surface area (Å²) >= 11 is 0. The number of aliphatic carboxylic acids is 1. The first-order valence-corrected chi connectivity index (χ1v) is 5.61. The molecule has 4 heteroatoms. The normalized spacial score (nSPS) is 20.5. The SMILES string of the molecule is CC(C)C(CC(=O)O)CN1CCOCC1. The Hall–Kier alpha value is -0.610. The van der Waals surface area contributed by atoms with E-state index in [4.69, 9.17) is 9.84 Å². The molecule has 4 nitrogen and oxygen atoms in total. The number of rotatable bonds is 5. The number of carbonyl (C=O) groups is 1. The molecule has 15 heavy (non-hydrogen) atoms. The van der Waals surface area contributed by atoms with Crippen molar-refractivity contribution in [3.05, 3.63) is 0 Å². The lowest BCUT2D eigenvalue weighted by Gasteiger charge is -2.31. The van der Waals surface area contributed by atoms with Crippen LogP contribution in [0.1, 0.15) is 20.3 Å². The second-order valence-electron chi connectivity index (χ2n) is 4.51. The highest BCUT2D eigenvalue weighted by Gasteiger charge is 2.21. The fraction of sp³-hybridized carbons (Fsp3) is 0.909.